The molecule has 4 atom stereocenters. The number of rotatable bonds is 23. The summed E-state index contributed by atoms with van der Waals surface area (Å²) in [5.41, 5.74) is 1.80. The average molecular weight is 892 g/mol. The van der Waals surface area contributed by atoms with E-state index in [-0.39, 0.29) is 49.9 Å². The Morgan fingerprint density at radius 1 is 0.984 bits per heavy atom. The van der Waals surface area contributed by atoms with Crippen LogP contribution in [0.4, 0.5) is 4.79 Å². The SMILES string of the molecule is CCN(CCCCNC(=O)NCC(O)C(O)C(O)C(O)CO)S(=O)(=O)c1ccc(Cl)c(COC2(c3c[n+](COC(=O)C(C)(C)C)ccc3-c3ccccc3OC3CC3)CC2)c1. The normalized spacial score (nSPS) is 17.0. The molecular formula is C43H60ClN4O12S+. The van der Waals surface area contributed by atoms with Gasteiger partial charge in [0.25, 0.3) is 6.73 Å². The molecule has 3 aromatic rings. The molecular weight excluding hydrogens is 832 g/mol. The fourth-order valence-electron chi connectivity index (χ4n) is 6.52. The number of benzene rings is 2. The Hall–Kier alpha value is -3.91. The van der Waals surface area contributed by atoms with Crippen LogP contribution < -0.4 is 19.9 Å². The van der Waals surface area contributed by atoms with E-state index in [9.17, 15) is 38.4 Å². The van der Waals surface area contributed by atoms with E-state index in [1.165, 1.54) is 16.4 Å². The van der Waals surface area contributed by atoms with E-state index in [1.54, 1.807) is 33.8 Å². The van der Waals surface area contributed by atoms with Crippen LogP contribution in [0.3, 0.4) is 0 Å². The Morgan fingerprint density at radius 3 is 2.34 bits per heavy atom. The molecule has 18 heteroatoms. The number of hydrogen-bond acceptors (Lipinski definition) is 12. The topological polar surface area (TPSA) is 228 Å². The first-order valence-electron chi connectivity index (χ1n) is 20.6. The molecule has 16 nitrogen and oxygen atoms in total. The Bertz CT molecular complexity index is 2080. The largest absolute Gasteiger partial charge is 0.490 e. The molecule has 0 radical (unpaired) electrons. The van der Waals surface area contributed by atoms with E-state index in [0.29, 0.717) is 36.3 Å². The highest BCUT2D eigenvalue weighted by atomic mass is 35.5. The van der Waals surface area contributed by atoms with Gasteiger partial charge < -0.3 is 50.4 Å². The number of urea groups is 1. The summed E-state index contributed by atoms with van der Waals surface area (Å²) in [6.07, 6.45) is 1.32. The predicted octanol–water partition coefficient (Wildman–Crippen LogP) is 3.11. The second kappa shape index (κ2) is 21.0. The van der Waals surface area contributed by atoms with Gasteiger partial charge in [0.05, 0.1) is 41.3 Å². The number of para-hydroxylation sites is 1. The molecule has 2 fully saturated rings. The number of esters is 1. The molecule has 0 bridgehead atoms. The van der Waals surface area contributed by atoms with Crippen molar-refractivity contribution in [3.8, 4) is 16.9 Å². The predicted molar refractivity (Wildman–Crippen MR) is 225 cm³/mol. The minimum atomic E-state index is -3.95. The monoisotopic (exact) mass is 891 g/mol. The van der Waals surface area contributed by atoms with E-state index >= 15 is 0 Å². The number of hydrogen-bond donors (Lipinski definition) is 7. The summed E-state index contributed by atoms with van der Waals surface area (Å²) in [5, 5.41) is 53.3. The number of carbonyl (C=O) groups is 2. The van der Waals surface area contributed by atoms with Crippen LogP contribution in [0.25, 0.3) is 11.1 Å². The number of pyridine rings is 1. The maximum Gasteiger partial charge on any atom is 0.316 e. The molecule has 2 amide bonds. The highest BCUT2D eigenvalue weighted by Crippen LogP contribution is 2.53. The van der Waals surface area contributed by atoms with Gasteiger partial charge in [-0.05, 0) is 89.1 Å². The van der Waals surface area contributed by atoms with Gasteiger partial charge >= 0.3 is 12.0 Å². The molecule has 7 N–H and O–H groups in total. The van der Waals surface area contributed by atoms with Crippen LogP contribution >= 0.6 is 11.6 Å². The van der Waals surface area contributed by atoms with Gasteiger partial charge in [0, 0.05) is 48.4 Å². The van der Waals surface area contributed by atoms with Crippen LogP contribution in [0.1, 0.15) is 77.3 Å². The van der Waals surface area contributed by atoms with E-state index < -0.39 is 64.6 Å². The van der Waals surface area contributed by atoms with E-state index in [1.807, 2.05) is 47.3 Å². The molecule has 0 aliphatic heterocycles. The zero-order valence-corrected chi connectivity index (χ0v) is 36.7. The maximum absolute atomic E-state index is 13.9. The zero-order valence-electron chi connectivity index (χ0n) is 35.1. The number of unbranched alkanes of at least 4 members (excludes halogenated alkanes) is 1. The Balaban J connectivity index is 1.23. The van der Waals surface area contributed by atoms with Crippen LogP contribution in [-0.2, 0) is 43.2 Å². The number of aliphatic hydroxyl groups is 5. The maximum atomic E-state index is 13.9. The van der Waals surface area contributed by atoms with Gasteiger partial charge in [-0.2, -0.15) is 8.87 Å². The molecule has 336 valence electrons. The second-order valence-electron chi connectivity index (χ2n) is 16.6. The second-order valence-corrected chi connectivity index (χ2v) is 18.9. The standard InChI is InChI=1S/C43H59ClN4O12S/c1-5-48(20-9-8-19-45-41(55)46-23-35(50)38(52)39(53)36(51)25-49)61(56,57)30-14-15-34(44)28(22-30)26-59-43(17-18-43)33-24-47(27-58-40(54)42(2,3)4)21-16-31(33)32-10-6-7-11-37(32)60-29-12-13-29/h6-7,10-11,14-16,21-22,24,29,35-36,38-39,49-53H,5,8-9,12-13,17-20,23,25-27H2,1-4H3,(H-,45,46,55)/p+1. The van der Waals surface area contributed by atoms with Gasteiger partial charge in [0.15, 0.2) is 12.4 Å². The lowest BCUT2D eigenvalue weighted by Crippen LogP contribution is -2.50. The fraction of sp³-hybridized carbons (Fsp3) is 0.558. The summed E-state index contributed by atoms with van der Waals surface area (Å²) in [5.74, 6) is 0.441. The number of nitrogens with zero attached hydrogens (tertiary/aromatic N) is 2. The van der Waals surface area contributed by atoms with Crippen molar-refractivity contribution in [2.75, 3.05) is 32.8 Å². The van der Waals surface area contributed by atoms with Crippen LogP contribution in [0.2, 0.25) is 5.02 Å². The van der Waals surface area contributed by atoms with Crippen molar-refractivity contribution in [3.05, 3.63) is 77.1 Å². The third kappa shape index (κ3) is 12.8. The van der Waals surface area contributed by atoms with Crippen molar-refractivity contribution in [2.45, 2.75) is 121 Å². The highest BCUT2D eigenvalue weighted by molar-refractivity contribution is 7.89. The van der Waals surface area contributed by atoms with Crippen molar-refractivity contribution < 1.29 is 62.3 Å². The summed E-state index contributed by atoms with van der Waals surface area (Å²) in [7, 11) is -3.95. The van der Waals surface area contributed by atoms with Crippen molar-refractivity contribution in [3.63, 3.8) is 0 Å². The number of carbonyl (C=O) groups excluding carboxylic acids is 2. The number of sulfonamides is 1. The number of halogens is 1. The third-order valence-corrected chi connectivity index (χ3v) is 12.9. The first-order valence-corrected chi connectivity index (χ1v) is 22.5. The van der Waals surface area contributed by atoms with Gasteiger partial charge in [-0.3, -0.25) is 4.79 Å². The molecule has 2 aliphatic carbocycles. The summed E-state index contributed by atoms with van der Waals surface area (Å²) in [4.78, 5) is 24.9. The van der Waals surface area contributed by atoms with E-state index in [4.69, 9.17) is 30.9 Å². The van der Waals surface area contributed by atoms with E-state index in [0.717, 1.165) is 35.3 Å². The molecule has 5 rings (SSSR count). The number of ether oxygens (including phenoxy) is 3. The molecule has 1 aromatic heterocycles. The molecule has 4 unspecified atom stereocenters. The molecule has 61 heavy (non-hydrogen) atoms. The summed E-state index contributed by atoms with van der Waals surface area (Å²) in [6.45, 7) is 6.45. The molecule has 2 aromatic carbocycles. The summed E-state index contributed by atoms with van der Waals surface area (Å²) < 4.78 is 49.6. The van der Waals surface area contributed by atoms with Crippen LogP contribution in [-0.4, -0.2) is 114 Å². The summed E-state index contributed by atoms with van der Waals surface area (Å²) in [6, 6.07) is 13.7. The lowest BCUT2D eigenvalue weighted by molar-refractivity contribution is -0.728. The third-order valence-electron chi connectivity index (χ3n) is 10.6. The van der Waals surface area contributed by atoms with Gasteiger partial charge in [0.2, 0.25) is 10.0 Å². The first-order chi connectivity index (χ1) is 28.9. The lowest BCUT2D eigenvalue weighted by atomic mass is 9.96. The van der Waals surface area contributed by atoms with Gasteiger partial charge in [-0.15, -0.1) is 0 Å². The Morgan fingerprint density at radius 2 is 1.69 bits per heavy atom. The number of nitrogens with one attached hydrogen (secondary N) is 2. The van der Waals surface area contributed by atoms with E-state index in [2.05, 4.69) is 10.6 Å². The van der Waals surface area contributed by atoms with Crippen molar-refractivity contribution in [2.24, 2.45) is 5.41 Å². The molecule has 0 spiro atoms. The van der Waals surface area contributed by atoms with Crippen LogP contribution in [0.5, 0.6) is 5.75 Å². The molecule has 2 saturated carbocycles. The van der Waals surface area contributed by atoms with Crippen molar-refractivity contribution >= 4 is 33.6 Å². The molecule has 0 saturated heterocycles. The average Bonchev–Trinajstić information content (AvgIpc) is 4.19. The Kier molecular flexibility index (Phi) is 16.5. The minimum Gasteiger partial charge on any atom is -0.490 e. The minimum absolute atomic E-state index is 0.00867. The molecule has 1 heterocycles. The summed E-state index contributed by atoms with van der Waals surface area (Å²) >= 11 is 6.67. The zero-order chi connectivity index (χ0) is 44.5. The van der Waals surface area contributed by atoms with Crippen molar-refractivity contribution in [1.29, 1.82) is 0 Å². The Labute approximate surface area is 362 Å². The van der Waals surface area contributed by atoms with Gasteiger partial charge in [0.1, 0.15) is 29.7 Å². The smallest absolute Gasteiger partial charge is 0.316 e. The fourth-order valence-corrected chi connectivity index (χ4v) is 8.23. The number of aromatic nitrogens is 1. The first kappa shape index (κ1) is 48.1. The molecule has 2 aliphatic rings. The lowest BCUT2D eigenvalue weighted by Gasteiger charge is -2.25. The quantitative estimate of drug-likeness (QED) is 0.0414. The van der Waals surface area contributed by atoms with Crippen molar-refractivity contribution in [1.82, 2.24) is 14.9 Å². The highest BCUT2D eigenvalue weighted by Gasteiger charge is 2.49. The number of aliphatic hydroxyl groups excluding tert-OH is 5. The van der Waals surface area contributed by atoms with Gasteiger partial charge in [-0.25, -0.2) is 13.2 Å². The van der Waals surface area contributed by atoms with Crippen LogP contribution in [0, 0.1) is 5.41 Å². The van der Waals surface area contributed by atoms with Crippen LogP contribution in [0.15, 0.2) is 65.8 Å². The van der Waals surface area contributed by atoms with Gasteiger partial charge in [-0.1, -0.05) is 36.7 Å². The number of amides is 2.